The monoisotopic (exact) mass is 342 g/mol. The van der Waals surface area contributed by atoms with Gasteiger partial charge in [-0.2, -0.15) is 0 Å². The Balaban J connectivity index is 1.66. The van der Waals surface area contributed by atoms with E-state index in [0.717, 1.165) is 19.4 Å². The predicted octanol–water partition coefficient (Wildman–Crippen LogP) is 1.23. The first-order chi connectivity index (χ1) is 12.1. The third kappa shape index (κ3) is 4.51. The van der Waals surface area contributed by atoms with Crippen molar-refractivity contribution >= 4 is 5.91 Å². The van der Waals surface area contributed by atoms with Crippen molar-refractivity contribution in [2.75, 3.05) is 19.8 Å². The van der Waals surface area contributed by atoms with Gasteiger partial charge in [-0.25, -0.2) is 4.98 Å². The van der Waals surface area contributed by atoms with Crippen LogP contribution in [0.1, 0.15) is 24.1 Å². The Morgan fingerprint density at radius 3 is 3.00 bits per heavy atom. The summed E-state index contributed by atoms with van der Waals surface area (Å²) in [6, 6.07) is 5.40. The molecule has 1 fully saturated rings. The van der Waals surface area contributed by atoms with Gasteiger partial charge in [0.1, 0.15) is 5.69 Å². The number of H-pyrrole nitrogens is 1. The zero-order valence-corrected chi connectivity index (χ0v) is 14.2. The Morgan fingerprint density at radius 2 is 2.32 bits per heavy atom. The number of rotatable bonds is 5. The molecular formula is C18H22N4O3. The zero-order chi connectivity index (χ0) is 17.6. The highest BCUT2D eigenvalue weighted by Crippen LogP contribution is 2.13. The van der Waals surface area contributed by atoms with E-state index in [-0.39, 0.29) is 17.9 Å². The van der Waals surface area contributed by atoms with Gasteiger partial charge in [0.2, 0.25) is 5.91 Å². The zero-order valence-electron chi connectivity index (χ0n) is 14.2. The average molecular weight is 342 g/mol. The van der Waals surface area contributed by atoms with Crippen LogP contribution < -0.4 is 10.9 Å². The largest absolute Gasteiger partial charge is 0.381 e. The molecule has 1 aliphatic heterocycles. The highest BCUT2D eigenvalue weighted by molar-refractivity contribution is 5.78. The quantitative estimate of drug-likeness (QED) is 0.852. The molecule has 0 aromatic carbocycles. The Bertz CT molecular complexity index is 783. The minimum Gasteiger partial charge on any atom is -0.381 e. The van der Waals surface area contributed by atoms with Crippen LogP contribution in [-0.4, -0.2) is 40.6 Å². The van der Waals surface area contributed by atoms with Crippen LogP contribution in [0, 0.1) is 12.8 Å². The normalized spacial score (nSPS) is 17.2. The second kappa shape index (κ2) is 8.02. The number of nitrogens with zero attached hydrogens (tertiary/aromatic N) is 2. The Hall–Kier alpha value is -2.54. The molecule has 132 valence electrons. The van der Waals surface area contributed by atoms with Crippen LogP contribution in [0.15, 0.2) is 29.2 Å². The van der Waals surface area contributed by atoms with Crippen molar-refractivity contribution in [3.63, 3.8) is 0 Å². The maximum absolute atomic E-state index is 12.4. The first-order valence-electron chi connectivity index (χ1n) is 8.49. The van der Waals surface area contributed by atoms with Crippen LogP contribution in [0.4, 0.5) is 0 Å². The standard InChI is InChI=1S/C18H22N4O3/c1-12-14(9-16(23)20-10-13-5-4-8-25-11-13)18(24)22-17(21-12)15-6-2-3-7-19-15/h2-3,6-7,13H,4-5,8-11H2,1H3,(H,20,23)(H,21,22,24)/t13-/m0/s1. The lowest BCUT2D eigenvalue weighted by molar-refractivity contribution is -0.120. The van der Waals surface area contributed by atoms with Gasteiger partial charge in [-0.15, -0.1) is 0 Å². The Kier molecular flexibility index (Phi) is 5.55. The first-order valence-corrected chi connectivity index (χ1v) is 8.49. The molecule has 0 unspecified atom stereocenters. The van der Waals surface area contributed by atoms with Crippen molar-refractivity contribution < 1.29 is 9.53 Å². The summed E-state index contributed by atoms with van der Waals surface area (Å²) < 4.78 is 5.40. The lowest BCUT2D eigenvalue weighted by Crippen LogP contribution is -2.35. The highest BCUT2D eigenvalue weighted by Gasteiger charge is 2.17. The van der Waals surface area contributed by atoms with Gasteiger partial charge in [0.25, 0.3) is 5.56 Å². The van der Waals surface area contributed by atoms with E-state index in [1.165, 1.54) is 0 Å². The summed E-state index contributed by atoms with van der Waals surface area (Å²) in [5, 5.41) is 2.89. The molecule has 0 saturated carbocycles. The van der Waals surface area contributed by atoms with Crippen molar-refractivity contribution in [2.45, 2.75) is 26.2 Å². The third-order valence-electron chi connectivity index (χ3n) is 4.31. The number of aryl methyl sites for hydroxylation is 1. The van der Waals surface area contributed by atoms with Gasteiger partial charge in [-0.05, 0) is 37.8 Å². The molecule has 2 aromatic rings. The van der Waals surface area contributed by atoms with Crippen molar-refractivity contribution in [3.05, 3.63) is 46.0 Å². The molecule has 1 atom stereocenters. The SMILES string of the molecule is Cc1nc(-c2ccccn2)[nH]c(=O)c1CC(=O)NC[C@@H]1CCCOC1. The van der Waals surface area contributed by atoms with Crippen molar-refractivity contribution in [1.82, 2.24) is 20.3 Å². The minimum absolute atomic E-state index is 0.0181. The van der Waals surface area contributed by atoms with E-state index < -0.39 is 0 Å². The van der Waals surface area contributed by atoms with Crippen LogP contribution >= 0.6 is 0 Å². The molecule has 7 heteroatoms. The summed E-state index contributed by atoms with van der Waals surface area (Å²) in [5.74, 6) is 0.583. The summed E-state index contributed by atoms with van der Waals surface area (Å²) in [6.07, 6.45) is 3.74. The van der Waals surface area contributed by atoms with Crippen molar-refractivity contribution in [1.29, 1.82) is 0 Å². The van der Waals surface area contributed by atoms with Gasteiger partial charge in [0, 0.05) is 30.6 Å². The minimum atomic E-state index is -0.302. The molecule has 25 heavy (non-hydrogen) atoms. The smallest absolute Gasteiger partial charge is 0.255 e. The lowest BCUT2D eigenvalue weighted by Gasteiger charge is -2.22. The van der Waals surface area contributed by atoms with E-state index in [1.54, 1.807) is 25.3 Å². The molecule has 0 bridgehead atoms. The Labute approximate surface area is 145 Å². The molecular weight excluding hydrogens is 320 g/mol. The second-order valence-corrected chi connectivity index (χ2v) is 6.26. The molecule has 1 saturated heterocycles. The van der Waals surface area contributed by atoms with Crippen molar-refractivity contribution in [2.24, 2.45) is 5.92 Å². The number of nitrogens with one attached hydrogen (secondary N) is 2. The summed E-state index contributed by atoms with van der Waals surface area (Å²) in [5.41, 5.74) is 1.22. The fraction of sp³-hybridized carbons (Fsp3) is 0.444. The van der Waals surface area contributed by atoms with Gasteiger partial charge >= 0.3 is 0 Å². The molecule has 1 amide bonds. The molecule has 3 rings (SSSR count). The predicted molar refractivity (Wildman–Crippen MR) is 93.1 cm³/mol. The number of hydrogen-bond acceptors (Lipinski definition) is 5. The average Bonchev–Trinajstić information content (AvgIpc) is 2.64. The maximum atomic E-state index is 12.4. The maximum Gasteiger partial charge on any atom is 0.255 e. The van der Waals surface area contributed by atoms with Crippen LogP contribution in [0.3, 0.4) is 0 Å². The molecule has 7 nitrogen and oxygen atoms in total. The number of carbonyl (C=O) groups is 1. The number of carbonyl (C=O) groups excluding carboxylic acids is 1. The van der Waals surface area contributed by atoms with Gasteiger partial charge < -0.3 is 15.0 Å². The molecule has 3 heterocycles. The summed E-state index contributed by atoms with van der Waals surface area (Å²) in [6.45, 7) is 3.79. The van der Waals surface area contributed by atoms with Crippen molar-refractivity contribution in [3.8, 4) is 11.5 Å². The molecule has 2 aromatic heterocycles. The van der Waals surface area contributed by atoms with Crippen LogP contribution in [-0.2, 0) is 16.0 Å². The number of hydrogen-bond donors (Lipinski definition) is 2. The van der Waals surface area contributed by atoms with E-state index in [4.69, 9.17) is 4.74 Å². The summed E-state index contributed by atoms with van der Waals surface area (Å²) >= 11 is 0. The molecule has 2 N–H and O–H groups in total. The topological polar surface area (TPSA) is 97.0 Å². The second-order valence-electron chi connectivity index (χ2n) is 6.26. The Morgan fingerprint density at radius 1 is 1.44 bits per heavy atom. The summed E-state index contributed by atoms with van der Waals surface area (Å²) in [7, 11) is 0. The van der Waals surface area contributed by atoms with Crippen LogP contribution in [0.2, 0.25) is 0 Å². The fourth-order valence-corrected chi connectivity index (χ4v) is 2.89. The van der Waals surface area contributed by atoms with E-state index >= 15 is 0 Å². The van der Waals surface area contributed by atoms with Crippen LogP contribution in [0.25, 0.3) is 11.5 Å². The number of amides is 1. The molecule has 1 aliphatic rings. The molecule has 0 aliphatic carbocycles. The lowest BCUT2D eigenvalue weighted by atomic mass is 10.0. The molecule has 0 spiro atoms. The number of aromatic nitrogens is 3. The van der Waals surface area contributed by atoms with Gasteiger partial charge in [-0.1, -0.05) is 6.07 Å². The fourth-order valence-electron chi connectivity index (χ4n) is 2.89. The van der Waals surface area contributed by atoms with Crippen LogP contribution in [0.5, 0.6) is 0 Å². The number of aromatic amines is 1. The van der Waals surface area contributed by atoms with E-state index in [1.807, 2.05) is 6.07 Å². The number of ether oxygens (including phenoxy) is 1. The number of pyridine rings is 1. The van der Waals surface area contributed by atoms with Gasteiger partial charge in [0.05, 0.1) is 13.0 Å². The van der Waals surface area contributed by atoms with E-state index in [2.05, 4.69) is 20.3 Å². The summed E-state index contributed by atoms with van der Waals surface area (Å²) in [4.78, 5) is 35.8. The van der Waals surface area contributed by atoms with Gasteiger partial charge in [0.15, 0.2) is 5.82 Å². The van der Waals surface area contributed by atoms with E-state index in [9.17, 15) is 9.59 Å². The van der Waals surface area contributed by atoms with E-state index in [0.29, 0.717) is 41.8 Å². The highest BCUT2D eigenvalue weighted by atomic mass is 16.5. The third-order valence-corrected chi connectivity index (χ3v) is 4.31. The first kappa shape index (κ1) is 17.3. The van der Waals surface area contributed by atoms with Gasteiger partial charge in [-0.3, -0.25) is 14.6 Å². The molecule has 0 radical (unpaired) electrons.